The van der Waals surface area contributed by atoms with E-state index in [9.17, 15) is 0 Å². The van der Waals surface area contributed by atoms with Gasteiger partial charge in [0.1, 0.15) is 12.0 Å². The second-order valence-corrected chi connectivity index (χ2v) is 14.6. The van der Waals surface area contributed by atoms with Crippen LogP contribution in [0.3, 0.4) is 0 Å². The monoisotopic (exact) mass is 770 g/mol. The Balaban J connectivity index is 0.954. The lowest BCUT2D eigenvalue weighted by Gasteiger charge is -2.24. The highest BCUT2D eigenvalue weighted by Crippen LogP contribution is 2.33. The molecule has 1 aromatic heterocycles. The van der Waals surface area contributed by atoms with Gasteiger partial charge in [0, 0.05) is 27.8 Å². The van der Waals surface area contributed by atoms with Crippen molar-refractivity contribution in [3.05, 3.63) is 235 Å². The maximum Gasteiger partial charge on any atom is 0.164 e. The summed E-state index contributed by atoms with van der Waals surface area (Å²) in [6.45, 7) is 0. The fourth-order valence-electron chi connectivity index (χ4n) is 7.50. The summed E-state index contributed by atoms with van der Waals surface area (Å²) >= 11 is 0. The van der Waals surface area contributed by atoms with Crippen molar-refractivity contribution in [3.8, 4) is 67.5 Å². The molecule has 0 saturated carbocycles. The van der Waals surface area contributed by atoms with Gasteiger partial charge in [-0.1, -0.05) is 194 Å². The number of hydrogen-bond donors (Lipinski definition) is 1. The first kappa shape index (κ1) is 36.3. The van der Waals surface area contributed by atoms with Crippen LogP contribution in [0.15, 0.2) is 228 Å². The predicted molar refractivity (Wildman–Crippen MR) is 244 cm³/mol. The van der Waals surface area contributed by atoms with Gasteiger partial charge in [-0.25, -0.2) is 24.9 Å². The van der Waals surface area contributed by atoms with E-state index in [0.29, 0.717) is 23.3 Å². The third-order valence-electron chi connectivity index (χ3n) is 10.6. The topological polar surface area (TPSA) is 75.4 Å². The number of benzene rings is 8. The van der Waals surface area contributed by atoms with Gasteiger partial charge in [-0.15, -0.1) is 0 Å². The Morgan fingerprint density at radius 2 is 0.650 bits per heavy atom. The van der Waals surface area contributed by atoms with E-state index in [1.807, 2.05) is 97.1 Å². The molecule has 0 spiro atoms. The summed E-state index contributed by atoms with van der Waals surface area (Å²) < 4.78 is 0. The first-order chi connectivity index (χ1) is 29.7. The predicted octanol–water partition coefficient (Wildman–Crippen LogP) is 12.4. The number of rotatable bonds is 9. The van der Waals surface area contributed by atoms with E-state index in [4.69, 9.17) is 24.9 Å². The van der Waals surface area contributed by atoms with Crippen LogP contribution >= 0.6 is 0 Å². The lowest BCUT2D eigenvalue weighted by atomic mass is 9.95. The average Bonchev–Trinajstić information content (AvgIpc) is 3.35. The molecule has 10 rings (SSSR count). The SMILES string of the molecule is c1ccc(C2=NC(c3cccc(-c4cccc(-c5cccc(-c6cccc(-c7nc(-c8ccccc8)nc(-c8ccccc8)n7)c6)c5)c4)c3)NC(c3ccccc3)=N2)cc1. The Hall–Kier alpha value is -8.09. The standard InChI is InChI=1S/C54H38N6/c1-5-17-37(18-6-1)49-55-50(38-19-7-2-8-20-38)58-53(57-49)47-31-15-29-45(35-47)43-27-13-25-41(33-43)42-26-14-28-44(34-42)46-30-16-32-48(36-46)54-59-51(39-21-9-3-10-22-39)56-52(60-54)40-23-11-4-12-24-40/h1-36,53H,(H,55,57,58). The van der Waals surface area contributed by atoms with Gasteiger partial charge >= 0.3 is 0 Å². The van der Waals surface area contributed by atoms with Crippen LogP contribution in [0.25, 0.3) is 67.5 Å². The molecule has 0 amide bonds. The van der Waals surface area contributed by atoms with Gasteiger partial charge in [-0.2, -0.15) is 0 Å². The number of nitrogens with zero attached hydrogens (tertiary/aromatic N) is 5. The van der Waals surface area contributed by atoms with E-state index in [-0.39, 0.29) is 6.17 Å². The molecule has 0 bridgehead atoms. The van der Waals surface area contributed by atoms with Crippen molar-refractivity contribution >= 4 is 11.7 Å². The van der Waals surface area contributed by atoms with Gasteiger partial charge in [0.05, 0.1) is 0 Å². The molecule has 60 heavy (non-hydrogen) atoms. The molecule has 0 radical (unpaired) electrons. The zero-order valence-corrected chi connectivity index (χ0v) is 32.6. The largest absolute Gasteiger partial charge is 0.344 e. The van der Waals surface area contributed by atoms with Gasteiger partial charge in [-0.3, -0.25) is 0 Å². The molecule has 1 aliphatic rings. The Bertz CT molecular complexity index is 2940. The molecule has 0 fully saturated rings. The third-order valence-corrected chi connectivity index (χ3v) is 10.6. The van der Waals surface area contributed by atoms with Crippen molar-refractivity contribution < 1.29 is 0 Å². The molecule has 2 heterocycles. The minimum Gasteiger partial charge on any atom is -0.344 e. The zero-order valence-electron chi connectivity index (χ0n) is 32.6. The van der Waals surface area contributed by atoms with Crippen LogP contribution in [0.2, 0.25) is 0 Å². The van der Waals surface area contributed by atoms with Gasteiger partial charge in [0.15, 0.2) is 23.3 Å². The van der Waals surface area contributed by atoms with Crippen molar-refractivity contribution in [2.75, 3.05) is 0 Å². The van der Waals surface area contributed by atoms with E-state index in [1.165, 1.54) is 0 Å². The van der Waals surface area contributed by atoms with Crippen molar-refractivity contribution in [2.45, 2.75) is 6.17 Å². The number of aliphatic imine (C=N–C) groups is 2. The summed E-state index contributed by atoms with van der Waals surface area (Å²) in [6, 6.07) is 75.0. The molecule has 284 valence electrons. The quantitative estimate of drug-likeness (QED) is 0.159. The van der Waals surface area contributed by atoms with Crippen LogP contribution in [-0.4, -0.2) is 26.6 Å². The van der Waals surface area contributed by atoms with Gasteiger partial charge in [-0.05, 0) is 63.2 Å². The first-order valence-corrected chi connectivity index (χ1v) is 20.0. The van der Waals surface area contributed by atoms with Crippen LogP contribution in [0.4, 0.5) is 0 Å². The first-order valence-electron chi connectivity index (χ1n) is 20.0. The molecule has 1 unspecified atom stereocenters. The van der Waals surface area contributed by atoms with Crippen LogP contribution < -0.4 is 5.32 Å². The van der Waals surface area contributed by atoms with Gasteiger partial charge in [0.25, 0.3) is 0 Å². The Morgan fingerprint density at radius 3 is 1.13 bits per heavy atom. The molecule has 1 atom stereocenters. The molecule has 1 aliphatic heterocycles. The lowest BCUT2D eigenvalue weighted by Crippen LogP contribution is -2.33. The maximum absolute atomic E-state index is 5.11. The van der Waals surface area contributed by atoms with Crippen LogP contribution in [-0.2, 0) is 0 Å². The van der Waals surface area contributed by atoms with E-state index < -0.39 is 0 Å². The average molecular weight is 771 g/mol. The summed E-state index contributed by atoms with van der Waals surface area (Å²) in [5.74, 6) is 3.42. The minimum atomic E-state index is -0.309. The summed E-state index contributed by atoms with van der Waals surface area (Å²) in [5, 5.41) is 3.61. The normalized spacial score (nSPS) is 13.5. The number of hydrogen-bond acceptors (Lipinski definition) is 6. The van der Waals surface area contributed by atoms with E-state index in [0.717, 1.165) is 72.6 Å². The number of amidine groups is 2. The summed E-state index contributed by atoms with van der Waals surface area (Å²) in [7, 11) is 0. The lowest BCUT2D eigenvalue weighted by molar-refractivity contribution is 0.674. The summed E-state index contributed by atoms with van der Waals surface area (Å²) in [4.78, 5) is 24.9. The highest BCUT2D eigenvalue weighted by molar-refractivity contribution is 6.13. The molecule has 1 N–H and O–H groups in total. The summed E-state index contributed by atoms with van der Waals surface area (Å²) in [5.41, 5.74) is 12.5. The molecule has 6 nitrogen and oxygen atoms in total. The molecular formula is C54H38N6. The van der Waals surface area contributed by atoms with Crippen molar-refractivity contribution in [2.24, 2.45) is 9.98 Å². The maximum atomic E-state index is 5.11. The highest BCUT2D eigenvalue weighted by atomic mass is 15.2. The van der Waals surface area contributed by atoms with Crippen molar-refractivity contribution in [1.29, 1.82) is 0 Å². The Labute approximate surface area is 349 Å². The number of aromatic nitrogens is 3. The van der Waals surface area contributed by atoms with E-state index in [2.05, 4.69) is 127 Å². The van der Waals surface area contributed by atoms with Crippen LogP contribution in [0.5, 0.6) is 0 Å². The van der Waals surface area contributed by atoms with E-state index >= 15 is 0 Å². The van der Waals surface area contributed by atoms with Gasteiger partial charge < -0.3 is 5.32 Å². The van der Waals surface area contributed by atoms with Crippen molar-refractivity contribution in [1.82, 2.24) is 20.3 Å². The van der Waals surface area contributed by atoms with Gasteiger partial charge in [0.2, 0.25) is 0 Å². The fraction of sp³-hybridized carbons (Fsp3) is 0.0185. The Kier molecular flexibility index (Phi) is 9.92. The molecule has 6 heteroatoms. The fourth-order valence-corrected chi connectivity index (χ4v) is 7.50. The highest BCUT2D eigenvalue weighted by Gasteiger charge is 2.21. The zero-order chi connectivity index (χ0) is 40.1. The number of nitrogens with one attached hydrogen (secondary N) is 1. The molecule has 0 aliphatic carbocycles. The molecule has 8 aromatic carbocycles. The molecular weight excluding hydrogens is 733 g/mol. The minimum absolute atomic E-state index is 0.309. The molecule has 0 saturated heterocycles. The Morgan fingerprint density at radius 1 is 0.300 bits per heavy atom. The summed E-state index contributed by atoms with van der Waals surface area (Å²) in [6.07, 6.45) is -0.309. The van der Waals surface area contributed by atoms with Crippen LogP contribution in [0, 0.1) is 0 Å². The van der Waals surface area contributed by atoms with E-state index in [1.54, 1.807) is 0 Å². The third kappa shape index (κ3) is 7.78. The smallest absolute Gasteiger partial charge is 0.164 e. The second-order valence-electron chi connectivity index (χ2n) is 14.6. The second kappa shape index (κ2) is 16.4. The van der Waals surface area contributed by atoms with Crippen molar-refractivity contribution in [3.63, 3.8) is 0 Å². The molecule has 9 aromatic rings. The van der Waals surface area contributed by atoms with Crippen LogP contribution in [0.1, 0.15) is 22.9 Å².